The average molecular weight is 363 g/mol. The second-order valence-corrected chi connectivity index (χ2v) is 6.66. The maximum absolute atomic E-state index is 12.1. The van der Waals surface area contributed by atoms with Gasteiger partial charge >= 0.3 is 11.8 Å². The number of aromatic nitrogens is 1. The van der Waals surface area contributed by atoms with E-state index in [9.17, 15) is 9.59 Å². The highest BCUT2D eigenvalue weighted by Crippen LogP contribution is 2.17. The lowest BCUT2D eigenvalue weighted by Gasteiger charge is -2.14. The smallest absolute Gasteiger partial charge is 0.309 e. The summed E-state index contributed by atoms with van der Waals surface area (Å²) in [6.45, 7) is 4.38. The molecule has 0 radical (unpaired) electrons. The van der Waals surface area contributed by atoms with E-state index < -0.39 is 11.8 Å². The maximum Gasteiger partial charge on any atom is 0.309 e. The fourth-order valence-electron chi connectivity index (χ4n) is 3.12. The van der Waals surface area contributed by atoms with Gasteiger partial charge in [0.2, 0.25) is 0 Å². The van der Waals surface area contributed by atoms with E-state index in [0.717, 1.165) is 28.5 Å². The molecular formula is C22H25N3O2. The summed E-state index contributed by atoms with van der Waals surface area (Å²) in [5.74, 6) is -1.21. The Labute approximate surface area is 159 Å². The summed E-state index contributed by atoms with van der Waals surface area (Å²) >= 11 is 0. The van der Waals surface area contributed by atoms with Crippen molar-refractivity contribution in [3.63, 3.8) is 0 Å². The summed E-state index contributed by atoms with van der Waals surface area (Å²) in [7, 11) is 0. The van der Waals surface area contributed by atoms with Gasteiger partial charge in [-0.15, -0.1) is 0 Å². The van der Waals surface area contributed by atoms with Gasteiger partial charge in [0.1, 0.15) is 0 Å². The van der Waals surface area contributed by atoms with Gasteiger partial charge in [-0.25, -0.2) is 0 Å². The van der Waals surface area contributed by atoms with E-state index in [2.05, 4.69) is 22.5 Å². The van der Waals surface area contributed by atoms with Crippen LogP contribution in [-0.2, 0) is 22.4 Å². The molecule has 0 spiro atoms. The number of carbonyl (C=O) groups excluding carboxylic acids is 2. The van der Waals surface area contributed by atoms with Crippen LogP contribution in [0.1, 0.15) is 36.6 Å². The van der Waals surface area contributed by atoms with Crippen LogP contribution >= 0.6 is 0 Å². The van der Waals surface area contributed by atoms with Crippen molar-refractivity contribution in [2.75, 3.05) is 6.54 Å². The molecule has 0 saturated carbocycles. The van der Waals surface area contributed by atoms with E-state index in [1.165, 1.54) is 5.56 Å². The van der Waals surface area contributed by atoms with Crippen LogP contribution in [0.15, 0.2) is 54.7 Å². The number of nitrogens with one attached hydrogen (secondary N) is 3. The molecule has 0 saturated heterocycles. The SMILES string of the molecule is CCc1ccc(C(C)NC(=O)C(=O)NCCc2c[nH]c3ccccc23)cc1. The van der Waals surface area contributed by atoms with Crippen molar-refractivity contribution in [1.82, 2.24) is 15.6 Å². The fourth-order valence-corrected chi connectivity index (χ4v) is 3.12. The summed E-state index contributed by atoms with van der Waals surface area (Å²) in [6, 6.07) is 15.9. The highest BCUT2D eigenvalue weighted by molar-refractivity contribution is 6.35. The zero-order valence-electron chi connectivity index (χ0n) is 15.7. The van der Waals surface area contributed by atoms with Crippen molar-refractivity contribution in [1.29, 1.82) is 0 Å². The van der Waals surface area contributed by atoms with Gasteiger partial charge in [0.15, 0.2) is 0 Å². The topological polar surface area (TPSA) is 74.0 Å². The molecule has 0 aliphatic heterocycles. The number of hydrogen-bond donors (Lipinski definition) is 3. The van der Waals surface area contributed by atoms with Crippen LogP contribution in [0.4, 0.5) is 0 Å². The molecule has 0 fully saturated rings. The maximum atomic E-state index is 12.1. The van der Waals surface area contributed by atoms with E-state index in [-0.39, 0.29) is 6.04 Å². The molecule has 1 aromatic heterocycles. The molecule has 1 heterocycles. The van der Waals surface area contributed by atoms with Gasteiger partial charge in [-0.1, -0.05) is 49.4 Å². The summed E-state index contributed by atoms with van der Waals surface area (Å²) in [6.07, 6.45) is 3.58. The van der Waals surface area contributed by atoms with Crippen LogP contribution < -0.4 is 10.6 Å². The van der Waals surface area contributed by atoms with E-state index in [1.807, 2.05) is 61.7 Å². The molecule has 0 aliphatic carbocycles. The summed E-state index contributed by atoms with van der Waals surface area (Å²) < 4.78 is 0. The Morgan fingerprint density at radius 3 is 2.52 bits per heavy atom. The summed E-state index contributed by atoms with van der Waals surface area (Å²) in [5, 5.41) is 6.58. The van der Waals surface area contributed by atoms with E-state index in [0.29, 0.717) is 13.0 Å². The Morgan fingerprint density at radius 2 is 1.78 bits per heavy atom. The van der Waals surface area contributed by atoms with Crippen LogP contribution in [0.5, 0.6) is 0 Å². The average Bonchev–Trinajstić information content (AvgIpc) is 3.11. The predicted octanol–water partition coefficient (Wildman–Crippen LogP) is 3.27. The number of aryl methyl sites for hydroxylation is 1. The van der Waals surface area contributed by atoms with Gasteiger partial charge in [0.05, 0.1) is 6.04 Å². The quantitative estimate of drug-likeness (QED) is 0.588. The molecule has 3 rings (SSSR count). The lowest BCUT2D eigenvalue weighted by molar-refractivity contribution is -0.139. The van der Waals surface area contributed by atoms with Gasteiger partial charge in [-0.3, -0.25) is 9.59 Å². The third kappa shape index (κ3) is 4.56. The molecule has 0 aliphatic rings. The van der Waals surface area contributed by atoms with Crippen LogP contribution in [0.3, 0.4) is 0 Å². The molecule has 140 valence electrons. The minimum Gasteiger partial charge on any atom is -0.361 e. The number of para-hydroxylation sites is 1. The molecule has 5 nitrogen and oxygen atoms in total. The molecule has 2 amide bonds. The Hall–Kier alpha value is -3.08. The number of hydrogen-bond acceptors (Lipinski definition) is 2. The molecular weight excluding hydrogens is 338 g/mol. The van der Waals surface area contributed by atoms with E-state index in [4.69, 9.17) is 0 Å². The van der Waals surface area contributed by atoms with Gasteiger partial charge < -0.3 is 15.6 Å². The van der Waals surface area contributed by atoms with Crippen molar-refractivity contribution in [3.8, 4) is 0 Å². The van der Waals surface area contributed by atoms with Crippen LogP contribution in [0.2, 0.25) is 0 Å². The first-order chi connectivity index (χ1) is 13.1. The van der Waals surface area contributed by atoms with Crippen molar-refractivity contribution in [3.05, 3.63) is 71.4 Å². The zero-order chi connectivity index (χ0) is 19.2. The van der Waals surface area contributed by atoms with Gasteiger partial charge in [0.25, 0.3) is 0 Å². The van der Waals surface area contributed by atoms with Gasteiger partial charge in [0, 0.05) is 23.6 Å². The second kappa shape index (κ2) is 8.54. The minimum absolute atomic E-state index is 0.220. The second-order valence-electron chi connectivity index (χ2n) is 6.66. The highest BCUT2D eigenvalue weighted by atomic mass is 16.2. The summed E-state index contributed by atoms with van der Waals surface area (Å²) in [4.78, 5) is 27.4. The third-order valence-corrected chi connectivity index (χ3v) is 4.80. The third-order valence-electron chi connectivity index (χ3n) is 4.80. The fraction of sp³-hybridized carbons (Fsp3) is 0.273. The van der Waals surface area contributed by atoms with Gasteiger partial charge in [-0.05, 0) is 42.5 Å². The lowest BCUT2D eigenvalue weighted by Crippen LogP contribution is -2.41. The van der Waals surface area contributed by atoms with Crippen molar-refractivity contribution < 1.29 is 9.59 Å². The van der Waals surface area contributed by atoms with Crippen molar-refractivity contribution >= 4 is 22.7 Å². The predicted molar refractivity (Wildman–Crippen MR) is 107 cm³/mol. The van der Waals surface area contributed by atoms with Crippen molar-refractivity contribution in [2.24, 2.45) is 0 Å². The number of amides is 2. The standard InChI is InChI=1S/C22H25N3O2/c1-3-16-8-10-17(11-9-16)15(2)25-22(27)21(26)23-13-12-18-14-24-20-7-5-4-6-19(18)20/h4-11,14-15,24H,3,12-13H2,1-2H3,(H,23,26)(H,25,27). The molecule has 2 aromatic carbocycles. The summed E-state index contributed by atoms with van der Waals surface area (Å²) in [5.41, 5.74) is 4.41. The number of fused-ring (bicyclic) bond motifs is 1. The molecule has 3 aromatic rings. The molecule has 3 N–H and O–H groups in total. The van der Waals surface area contributed by atoms with Crippen molar-refractivity contribution in [2.45, 2.75) is 32.7 Å². The van der Waals surface area contributed by atoms with Gasteiger partial charge in [-0.2, -0.15) is 0 Å². The Bertz CT molecular complexity index is 928. The number of benzene rings is 2. The minimum atomic E-state index is -0.610. The van der Waals surface area contributed by atoms with Crippen LogP contribution in [-0.4, -0.2) is 23.3 Å². The Balaban J connectivity index is 1.49. The highest BCUT2D eigenvalue weighted by Gasteiger charge is 2.16. The number of aromatic amines is 1. The lowest BCUT2D eigenvalue weighted by atomic mass is 10.1. The first-order valence-corrected chi connectivity index (χ1v) is 9.31. The molecule has 27 heavy (non-hydrogen) atoms. The zero-order valence-corrected chi connectivity index (χ0v) is 15.7. The first-order valence-electron chi connectivity index (χ1n) is 9.31. The monoisotopic (exact) mass is 363 g/mol. The van der Waals surface area contributed by atoms with E-state index in [1.54, 1.807) is 0 Å². The molecule has 5 heteroatoms. The molecule has 1 atom stereocenters. The molecule has 0 bridgehead atoms. The van der Waals surface area contributed by atoms with E-state index >= 15 is 0 Å². The number of carbonyl (C=O) groups is 2. The largest absolute Gasteiger partial charge is 0.361 e. The van der Waals surface area contributed by atoms with Crippen LogP contribution in [0.25, 0.3) is 10.9 Å². The first kappa shape index (κ1) is 18.7. The number of H-pyrrole nitrogens is 1. The Kier molecular flexibility index (Phi) is 5.91. The Morgan fingerprint density at radius 1 is 1.04 bits per heavy atom. The normalized spacial score (nSPS) is 11.9. The van der Waals surface area contributed by atoms with Crippen LogP contribution in [0, 0.1) is 0 Å². The number of rotatable bonds is 6. The molecule has 1 unspecified atom stereocenters.